The number of carbonyl (C=O) groups is 1. The number of nitrogens with zero attached hydrogens (tertiary/aromatic N) is 2. The van der Waals surface area contributed by atoms with Crippen molar-refractivity contribution < 1.29 is 22.0 Å². The molecule has 0 spiro atoms. The fourth-order valence-corrected chi connectivity index (χ4v) is 6.73. The summed E-state index contributed by atoms with van der Waals surface area (Å²) in [4.78, 5) is 28.9. The van der Waals surface area contributed by atoms with Gasteiger partial charge in [0.05, 0.1) is 34.7 Å². The van der Waals surface area contributed by atoms with Crippen molar-refractivity contribution in [2.24, 2.45) is 13.0 Å². The first-order valence-corrected chi connectivity index (χ1v) is 15.4. The zero-order chi connectivity index (χ0) is 29.8. The van der Waals surface area contributed by atoms with E-state index in [9.17, 15) is 22.4 Å². The number of allylic oxidation sites excluding steroid dienone is 1. The maximum absolute atomic E-state index is 15.2. The standard InChI is InChI=1S/C31H28F2N4O4S/c1-36-11-10-22-20(17-42(2,40)41)12-19-16-37(25-9-8-21(32)13-24(25)33)29-23(15-34-28(26(19)29)27(22)31(36)39)30(38)35-14-18-6-4-3-5-7-18/h3-13,16,23,29,34H,14-15,17H2,1-2H3,(H,35,38). The number of anilines is 1. The normalized spacial score (nSPS) is 19.3. The number of hydrogen-bond acceptors (Lipinski definition) is 6. The first-order chi connectivity index (χ1) is 20.0. The second-order valence-corrected chi connectivity index (χ2v) is 12.9. The first-order valence-electron chi connectivity index (χ1n) is 13.4. The van der Waals surface area contributed by atoms with Crippen LogP contribution in [-0.4, -0.2) is 43.5 Å². The quantitative estimate of drug-likeness (QED) is 0.458. The van der Waals surface area contributed by atoms with Gasteiger partial charge in [-0.1, -0.05) is 30.3 Å². The van der Waals surface area contributed by atoms with E-state index in [1.807, 2.05) is 30.3 Å². The number of aryl methyl sites for hydroxylation is 1. The van der Waals surface area contributed by atoms with Crippen LogP contribution in [-0.2, 0) is 28.2 Å². The summed E-state index contributed by atoms with van der Waals surface area (Å²) in [7, 11) is -1.91. The average molecular weight is 591 g/mol. The van der Waals surface area contributed by atoms with Crippen molar-refractivity contribution >= 4 is 32.7 Å². The van der Waals surface area contributed by atoms with Crippen LogP contribution in [0, 0.1) is 17.6 Å². The number of rotatable bonds is 6. The van der Waals surface area contributed by atoms with Gasteiger partial charge < -0.3 is 20.1 Å². The summed E-state index contributed by atoms with van der Waals surface area (Å²) in [5.41, 5.74) is 3.32. The number of sulfone groups is 1. The molecule has 0 radical (unpaired) electrons. The Kier molecular flexibility index (Phi) is 6.84. The molecular weight excluding hydrogens is 562 g/mol. The molecule has 0 saturated heterocycles. The van der Waals surface area contributed by atoms with E-state index in [1.54, 1.807) is 36.5 Å². The van der Waals surface area contributed by atoms with Crippen LogP contribution in [0.4, 0.5) is 14.5 Å². The van der Waals surface area contributed by atoms with Crippen molar-refractivity contribution in [1.82, 2.24) is 15.2 Å². The number of fused-ring (bicyclic) bond motifs is 2. The van der Waals surface area contributed by atoms with E-state index in [0.29, 0.717) is 28.0 Å². The van der Waals surface area contributed by atoms with Gasteiger partial charge in [0.1, 0.15) is 11.6 Å². The fraction of sp³-hybridized carbons (Fsp3) is 0.226. The van der Waals surface area contributed by atoms with Crippen LogP contribution in [0.1, 0.15) is 16.7 Å². The summed E-state index contributed by atoms with van der Waals surface area (Å²) in [5.74, 6) is -2.93. The minimum Gasteiger partial charge on any atom is -0.383 e. The Morgan fingerprint density at radius 2 is 1.88 bits per heavy atom. The number of nitrogens with one attached hydrogen (secondary N) is 2. The smallest absolute Gasteiger partial charge is 0.260 e. The summed E-state index contributed by atoms with van der Waals surface area (Å²) in [5, 5.41) is 6.27. The van der Waals surface area contributed by atoms with Gasteiger partial charge in [0.25, 0.3) is 5.56 Å². The van der Waals surface area contributed by atoms with Crippen molar-refractivity contribution in [3.8, 4) is 0 Å². The van der Waals surface area contributed by atoms with E-state index in [0.717, 1.165) is 24.0 Å². The molecule has 42 heavy (non-hydrogen) atoms. The lowest BCUT2D eigenvalue weighted by molar-refractivity contribution is -0.125. The maximum Gasteiger partial charge on any atom is 0.260 e. The Morgan fingerprint density at radius 1 is 1.12 bits per heavy atom. The molecule has 1 aromatic heterocycles. The second-order valence-electron chi connectivity index (χ2n) is 10.8. The molecule has 11 heteroatoms. The molecule has 3 aromatic rings. The van der Waals surface area contributed by atoms with Gasteiger partial charge in [-0.25, -0.2) is 17.2 Å². The van der Waals surface area contributed by atoms with Crippen molar-refractivity contribution in [3.05, 3.63) is 123 Å². The summed E-state index contributed by atoms with van der Waals surface area (Å²) in [6.07, 6.45) is 6.02. The van der Waals surface area contributed by atoms with Gasteiger partial charge in [-0.05, 0) is 46.5 Å². The molecule has 0 fully saturated rings. The van der Waals surface area contributed by atoms with Crippen LogP contribution < -0.4 is 21.1 Å². The lowest BCUT2D eigenvalue weighted by atomic mass is 9.84. The minimum absolute atomic E-state index is 0.0517. The minimum atomic E-state index is -3.51. The summed E-state index contributed by atoms with van der Waals surface area (Å²) in [6.45, 7) is 0.394. The molecule has 2 unspecified atom stereocenters. The lowest BCUT2D eigenvalue weighted by Gasteiger charge is -2.38. The Labute approximate surface area is 241 Å². The summed E-state index contributed by atoms with van der Waals surface area (Å²) < 4.78 is 55.5. The monoisotopic (exact) mass is 590 g/mol. The molecule has 2 N–H and O–H groups in total. The number of carbonyl (C=O) groups excluding carboxylic acids is 1. The Hall–Kier alpha value is -4.51. The van der Waals surface area contributed by atoms with Crippen molar-refractivity contribution in [2.75, 3.05) is 23.5 Å². The number of halogens is 2. The fourth-order valence-electron chi connectivity index (χ4n) is 5.92. The molecule has 216 valence electrons. The zero-order valence-electron chi connectivity index (χ0n) is 22.9. The molecule has 3 aliphatic rings. The maximum atomic E-state index is 15.2. The largest absolute Gasteiger partial charge is 0.383 e. The molecule has 6 rings (SSSR count). The van der Waals surface area contributed by atoms with E-state index in [4.69, 9.17) is 0 Å². The molecule has 1 amide bonds. The molecule has 8 nitrogen and oxygen atoms in total. The molecule has 1 aliphatic carbocycles. The van der Waals surface area contributed by atoms with E-state index in [1.165, 1.54) is 10.6 Å². The van der Waals surface area contributed by atoms with Crippen LogP contribution in [0.15, 0.2) is 89.0 Å². The lowest BCUT2D eigenvalue weighted by Crippen LogP contribution is -2.52. The van der Waals surface area contributed by atoms with Crippen LogP contribution in [0.25, 0.3) is 11.3 Å². The van der Waals surface area contributed by atoms with Gasteiger partial charge in [0.2, 0.25) is 5.91 Å². The predicted octanol–water partition coefficient (Wildman–Crippen LogP) is 3.12. The Balaban J connectivity index is 1.53. The highest BCUT2D eigenvalue weighted by atomic mass is 32.2. The van der Waals surface area contributed by atoms with Crippen LogP contribution in [0.5, 0.6) is 0 Å². The molecule has 0 bridgehead atoms. The Bertz CT molecular complexity index is 1880. The molecular formula is C31H28F2N4O4S. The predicted molar refractivity (Wildman–Crippen MR) is 157 cm³/mol. The topological polar surface area (TPSA) is 101 Å². The number of benzene rings is 2. The third kappa shape index (κ3) is 4.94. The van der Waals surface area contributed by atoms with Gasteiger partial charge in [0, 0.05) is 50.4 Å². The van der Waals surface area contributed by atoms with Gasteiger partial charge in [-0.3, -0.25) is 9.59 Å². The third-order valence-electron chi connectivity index (χ3n) is 7.78. The molecule has 2 aromatic carbocycles. The van der Waals surface area contributed by atoms with Gasteiger partial charge >= 0.3 is 0 Å². The van der Waals surface area contributed by atoms with Gasteiger partial charge in [-0.2, -0.15) is 0 Å². The second kappa shape index (κ2) is 10.4. The number of amides is 1. The highest BCUT2D eigenvalue weighted by Crippen LogP contribution is 2.46. The highest BCUT2D eigenvalue weighted by Gasteiger charge is 2.46. The van der Waals surface area contributed by atoms with E-state index in [-0.39, 0.29) is 41.6 Å². The highest BCUT2D eigenvalue weighted by molar-refractivity contribution is 7.91. The van der Waals surface area contributed by atoms with Crippen molar-refractivity contribution in [1.29, 1.82) is 0 Å². The zero-order valence-corrected chi connectivity index (χ0v) is 23.7. The summed E-state index contributed by atoms with van der Waals surface area (Å²) in [6, 6.07) is 13.6. The number of hydrogen-bond donors (Lipinski definition) is 2. The summed E-state index contributed by atoms with van der Waals surface area (Å²) >= 11 is 0. The molecule has 0 saturated carbocycles. The first kappa shape index (κ1) is 27.6. The number of aromatic nitrogens is 1. The number of pyridine rings is 1. The molecule has 2 aliphatic heterocycles. The van der Waals surface area contributed by atoms with Gasteiger partial charge in [-0.15, -0.1) is 0 Å². The molecule has 2 atom stereocenters. The van der Waals surface area contributed by atoms with Crippen LogP contribution >= 0.6 is 0 Å². The molecule has 3 heterocycles. The van der Waals surface area contributed by atoms with Gasteiger partial charge in [0.15, 0.2) is 9.84 Å². The van der Waals surface area contributed by atoms with E-state index in [2.05, 4.69) is 10.6 Å². The average Bonchev–Trinajstić information content (AvgIpc) is 3.25. The Morgan fingerprint density at radius 3 is 2.60 bits per heavy atom. The third-order valence-corrected chi connectivity index (χ3v) is 8.62. The SMILES string of the molecule is Cn1ccc2c(c1=O)C1=C3C(=CN(c4ccc(F)cc4F)C3C(C(=O)NCc3ccccc3)CN1)C=C2CS(C)(=O)=O. The van der Waals surface area contributed by atoms with Crippen molar-refractivity contribution in [2.45, 2.75) is 12.6 Å². The van der Waals surface area contributed by atoms with E-state index >= 15 is 4.39 Å². The van der Waals surface area contributed by atoms with Crippen LogP contribution in [0.2, 0.25) is 0 Å². The van der Waals surface area contributed by atoms with Crippen LogP contribution in [0.3, 0.4) is 0 Å². The van der Waals surface area contributed by atoms with Crippen molar-refractivity contribution in [3.63, 3.8) is 0 Å². The van der Waals surface area contributed by atoms with E-state index < -0.39 is 33.4 Å².